The van der Waals surface area contributed by atoms with Crippen LogP contribution in [0.1, 0.15) is 41.4 Å². The summed E-state index contributed by atoms with van der Waals surface area (Å²) in [6.07, 6.45) is 11.0. The van der Waals surface area contributed by atoms with Crippen LogP contribution in [0, 0.1) is 6.92 Å². The molecule has 1 aliphatic rings. The summed E-state index contributed by atoms with van der Waals surface area (Å²) in [5.74, 6) is -0.173. The first-order valence-corrected chi connectivity index (χ1v) is 9.32. The molecular formula is C22H25N5O. The smallest absolute Gasteiger partial charge is 0.257 e. The van der Waals surface area contributed by atoms with Crippen molar-refractivity contribution in [1.29, 1.82) is 0 Å². The lowest BCUT2D eigenvalue weighted by Gasteiger charge is -2.26. The molecule has 1 aromatic heterocycles. The Morgan fingerprint density at radius 1 is 1.32 bits per heavy atom. The molecule has 2 N–H and O–H groups in total. The minimum Gasteiger partial charge on any atom is -0.683 e. The van der Waals surface area contributed by atoms with Gasteiger partial charge in [0.15, 0.2) is 18.1 Å². The SMILES string of the molecule is CC[N+]1=CC(NC=C[N-]C(C)c2cccc(NC(=O)c3cncc(C)c3)c2)=C1. The van der Waals surface area contributed by atoms with Crippen LogP contribution < -0.4 is 10.6 Å². The van der Waals surface area contributed by atoms with E-state index < -0.39 is 0 Å². The Kier molecular flexibility index (Phi) is 6.22. The summed E-state index contributed by atoms with van der Waals surface area (Å²) in [5, 5.41) is 10.6. The Labute approximate surface area is 165 Å². The average Bonchev–Trinajstić information content (AvgIpc) is 2.66. The van der Waals surface area contributed by atoms with E-state index in [2.05, 4.69) is 32.4 Å². The molecule has 144 valence electrons. The lowest BCUT2D eigenvalue weighted by atomic mass is 10.1. The van der Waals surface area contributed by atoms with Gasteiger partial charge in [0.05, 0.1) is 5.56 Å². The number of pyridine rings is 1. The second-order valence-corrected chi connectivity index (χ2v) is 6.66. The average molecular weight is 375 g/mol. The van der Waals surface area contributed by atoms with Crippen LogP contribution in [-0.2, 0) is 0 Å². The monoisotopic (exact) mass is 375 g/mol. The number of amides is 1. The van der Waals surface area contributed by atoms with Gasteiger partial charge in [-0.3, -0.25) is 9.78 Å². The first-order chi connectivity index (χ1) is 13.5. The number of aryl methyl sites for hydroxylation is 1. The molecule has 1 atom stereocenters. The van der Waals surface area contributed by atoms with E-state index in [1.807, 2.05) is 62.8 Å². The normalized spacial score (nSPS) is 14.0. The van der Waals surface area contributed by atoms with E-state index in [-0.39, 0.29) is 11.9 Å². The summed E-state index contributed by atoms with van der Waals surface area (Å²) >= 11 is 0. The van der Waals surface area contributed by atoms with Gasteiger partial charge in [-0.05, 0) is 43.8 Å². The summed E-state index contributed by atoms with van der Waals surface area (Å²) in [5.41, 5.74) is 4.32. The topological polar surface area (TPSA) is 71.1 Å². The standard InChI is InChI=1S/C22H25N5O/c1-4-27-14-21(15-27)25-9-8-24-17(3)18-6-5-7-20(11-18)26-22(28)19-10-16(2)12-23-13-19/h5-15,17,25H,4H2,1-3H3,(H,26,28). The maximum atomic E-state index is 12.4. The number of nitrogens with one attached hydrogen (secondary N) is 2. The fraction of sp³-hybridized carbons (Fsp3) is 0.227. The Morgan fingerprint density at radius 2 is 2.14 bits per heavy atom. The summed E-state index contributed by atoms with van der Waals surface area (Å²) < 4.78 is 2.10. The van der Waals surface area contributed by atoms with Crippen molar-refractivity contribution in [3.63, 3.8) is 0 Å². The van der Waals surface area contributed by atoms with Crippen molar-refractivity contribution in [3.05, 3.63) is 89.0 Å². The highest BCUT2D eigenvalue weighted by atomic mass is 16.1. The number of anilines is 1. The van der Waals surface area contributed by atoms with Crippen LogP contribution in [0.2, 0.25) is 0 Å². The van der Waals surface area contributed by atoms with E-state index in [0.717, 1.165) is 29.1 Å². The molecule has 2 heterocycles. The second-order valence-electron chi connectivity index (χ2n) is 6.66. The van der Waals surface area contributed by atoms with Crippen molar-refractivity contribution < 1.29 is 9.37 Å². The molecule has 28 heavy (non-hydrogen) atoms. The van der Waals surface area contributed by atoms with Gasteiger partial charge in [0.2, 0.25) is 0 Å². The summed E-state index contributed by atoms with van der Waals surface area (Å²) in [6, 6.07) is 9.52. The molecule has 0 saturated heterocycles. The molecule has 6 heteroatoms. The molecule has 1 aromatic carbocycles. The lowest BCUT2D eigenvalue weighted by molar-refractivity contribution is -0.459. The maximum absolute atomic E-state index is 12.4. The molecule has 1 unspecified atom stereocenters. The number of aromatic nitrogens is 1. The van der Waals surface area contributed by atoms with Gasteiger partial charge in [-0.1, -0.05) is 30.7 Å². The van der Waals surface area contributed by atoms with Crippen LogP contribution >= 0.6 is 0 Å². The van der Waals surface area contributed by atoms with Gasteiger partial charge < -0.3 is 16.0 Å². The second kappa shape index (κ2) is 8.99. The van der Waals surface area contributed by atoms with Crippen LogP contribution in [0.25, 0.3) is 5.32 Å². The molecule has 3 rings (SSSR count). The number of rotatable bonds is 8. The van der Waals surface area contributed by atoms with Crippen molar-refractivity contribution in [2.75, 3.05) is 11.9 Å². The first kappa shape index (κ1) is 19.4. The van der Waals surface area contributed by atoms with Gasteiger partial charge in [0, 0.05) is 18.1 Å². The number of nitrogens with zero attached hydrogens (tertiary/aromatic N) is 3. The number of carbonyl (C=O) groups excluding carboxylic acids is 1. The zero-order chi connectivity index (χ0) is 19.9. The molecular weight excluding hydrogens is 350 g/mol. The van der Waals surface area contributed by atoms with Gasteiger partial charge >= 0.3 is 0 Å². The zero-order valence-electron chi connectivity index (χ0n) is 16.4. The number of hydrogen-bond acceptors (Lipinski definition) is 3. The van der Waals surface area contributed by atoms with Crippen molar-refractivity contribution in [3.8, 4) is 0 Å². The summed E-state index contributed by atoms with van der Waals surface area (Å²) in [7, 11) is 0. The predicted molar refractivity (Wildman–Crippen MR) is 112 cm³/mol. The molecule has 0 saturated carbocycles. The Morgan fingerprint density at radius 3 is 2.89 bits per heavy atom. The highest BCUT2D eigenvalue weighted by Crippen LogP contribution is 2.24. The molecule has 0 fully saturated rings. The van der Waals surface area contributed by atoms with Crippen LogP contribution in [0.3, 0.4) is 0 Å². The minimum atomic E-state index is -0.173. The van der Waals surface area contributed by atoms with Crippen LogP contribution in [0.5, 0.6) is 0 Å². The molecule has 1 aliphatic heterocycles. The van der Waals surface area contributed by atoms with Crippen LogP contribution in [-0.4, -0.2) is 28.2 Å². The molecule has 1 amide bonds. The molecule has 6 nitrogen and oxygen atoms in total. The largest absolute Gasteiger partial charge is 0.683 e. The summed E-state index contributed by atoms with van der Waals surface area (Å²) in [6.45, 7) is 7.01. The summed E-state index contributed by atoms with van der Waals surface area (Å²) in [4.78, 5) is 16.5. The maximum Gasteiger partial charge on any atom is 0.257 e. The predicted octanol–water partition coefficient (Wildman–Crippen LogP) is 4.10. The lowest BCUT2D eigenvalue weighted by Crippen LogP contribution is -2.23. The van der Waals surface area contributed by atoms with Gasteiger partial charge in [-0.2, -0.15) is 6.20 Å². The van der Waals surface area contributed by atoms with E-state index in [9.17, 15) is 4.79 Å². The number of benzene rings is 1. The third kappa shape index (κ3) is 5.07. The molecule has 0 spiro atoms. The Bertz CT molecular complexity index is 945. The van der Waals surface area contributed by atoms with Crippen LogP contribution in [0.15, 0.2) is 67.0 Å². The Hall–Kier alpha value is -3.41. The van der Waals surface area contributed by atoms with Gasteiger partial charge in [0.25, 0.3) is 5.91 Å². The van der Waals surface area contributed by atoms with Gasteiger partial charge in [0.1, 0.15) is 6.54 Å². The van der Waals surface area contributed by atoms with Crippen molar-refractivity contribution in [2.24, 2.45) is 0 Å². The fourth-order valence-corrected chi connectivity index (χ4v) is 2.75. The van der Waals surface area contributed by atoms with E-state index in [4.69, 9.17) is 0 Å². The van der Waals surface area contributed by atoms with Gasteiger partial charge in [-0.25, -0.2) is 4.58 Å². The van der Waals surface area contributed by atoms with Crippen molar-refractivity contribution in [2.45, 2.75) is 26.8 Å². The van der Waals surface area contributed by atoms with E-state index in [1.54, 1.807) is 18.6 Å². The van der Waals surface area contributed by atoms with Crippen molar-refractivity contribution >= 4 is 17.8 Å². The third-order valence-electron chi connectivity index (χ3n) is 4.37. The van der Waals surface area contributed by atoms with Crippen molar-refractivity contribution in [1.82, 2.24) is 10.3 Å². The highest BCUT2D eigenvalue weighted by Gasteiger charge is 2.12. The molecule has 0 radical (unpaired) electrons. The van der Waals surface area contributed by atoms with Crippen LogP contribution in [0.4, 0.5) is 5.69 Å². The zero-order valence-corrected chi connectivity index (χ0v) is 16.4. The number of allylic oxidation sites excluding steroid dienone is 1. The molecule has 2 aromatic rings. The van der Waals surface area contributed by atoms with E-state index >= 15 is 0 Å². The number of carbonyl (C=O) groups is 1. The van der Waals surface area contributed by atoms with E-state index in [0.29, 0.717) is 5.56 Å². The first-order valence-electron chi connectivity index (χ1n) is 9.32. The number of hydrogen-bond donors (Lipinski definition) is 2. The Balaban J connectivity index is 1.54. The highest BCUT2D eigenvalue weighted by molar-refractivity contribution is 6.04. The molecule has 0 aliphatic carbocycles. The fourth-order valence-electron chi connectivity index (χ4n) is 2.75. The minimum absolute atomic E-state index is 0.0259. The molecule has 0 bridgehead atoms. The van der Waals surface area contributed by atoms with E-state index in [1.165, 1.54) is 0 Å². The third-order valence-corrected chi connectivity index (χ3v) is 4.37. The van der Waals surface area contributed by atoms with Gasteiger partial charge in [-0.15, -0.1) is 0 Å². The quantitative estimate of drug-likeness (QED) is 0.683.